The van der Waals surface area contributed by atoms with Crippen molar-refractivity contribution in [3.8, 4) is 200 Å². The molecule has 132 heavy (non-hydrogen) atoms. The molecule has 0 bridgehead atoms. The standard InChI is InChI=1S/2C34H22.2C32H20/c1-2-9-23(10-3-1)24-11-6-12-25(19-24)26-13-7-14-27(20-26)29-21-28-15-8-18-32-30-16-4-5-17-31(30)33(22-29)34(28)32;1-2-8-23(9-3-1)24-16-18-25(19-17-24)26-10-6-11-27(20-26)29-21-28-12-7-15-32-30-13-4-5-14-31(30)33(22-29)34(28)32;1-2-13-26-21(8-1)9-6-16-27(26)23-11-5-10-22(18-23)25-19-24-12-7-17-30-28-14-3-4-15-29(28)31(20-25)32(24)30;1-2-8-22-17-25(16-15-21(22)7-1)23-9-5-10-24(18-23)27-19-26-11-6-14-30-28-12-3-4-13-29(28)31(20-27)32(26)30/h2*1-22H;2*1-20H. The van der Waals surface area contributed by atoms with E-state index in [4.69, 9.17) is 0 Å². The molecule has 0 aromatic heterocycles. The molecule has 0 radical (unpaired) electrons. The van der Waals surface area contributed by atoms with Crippen LogP contribution in [0.1, 0.15) is 0 Å². The van der Waals surface area contributed by atoms with Gasteiger partial charge in [0.25, 0.3) is 0 Å². The van der Waals surface area contributed by atoms with E-state index in [1.807, 2.05) is 0 Å². The van der Waals surface area contributed by atoms with Gasteiger partial charge in [0.2, 0.25) is 0 Å². The van der Waals surface area contributed by atoms with Crippen molar-refractivity contribution >= 4 is 64.6 Å². The summed E-state index contributed by atoms with van der Waals surface area (Å²) in [6.45, 7) is 0. The van der Waals surface area contributed by atoms with Gasteiger partial charge in [-0.25, -0.2) is 0 Å². The van der Waals surface area contributed by atoms with Crippen LogP contribution in [0.15, 0.2) is 510 Å². The molecule has 0 heterocycles. The summed E-state index contributed by atoms with van der Waals surface area (Å²) in [5.74, 6) is 0. The molecule has 0 saturated carbocycles. The minimum atomic E-state index is 1.24. The molecule has 28 rings (SSSR count). The monoisotopic (exact) mass is 1670 g/mol. The van der Waals surface area contributed by atoms with Gasteiger partial charge < -0.3 is 0 Å². The third-order valence-corrected chi connectivity index (χ3v) is 27.5. The molecular weight excluding hydrogens is 1590 g/mol. The Morgan fingerprint density at radius 3 is 0.636 bits per heavy atom. The summed E-state index contributed by atoms with van der Waals surface area (Å²) >= 11 is 0. The average molecular weight is 1670 g/mol. The molecule has 0 fully saturated rings. The van der Waals surface area contributed by atoms with Gasteiger partial charge in [-0.1, -0.05) is 425 Å². The molecular formula is C132H84. The van der Waals surface area contributed by atoms with Crippen LogP contribution in [0.4, 0.5) is 0 Å². The van der Waals surface area contributed by atoms with Gasteiger partial charge in [-0.15, -0.1) is 0 Å². The SMILES string of the molecule is c1cc(-c2cc3c4c(cccc4c2)-c2ccccc2-3)cc(-c2cccc3ccccc23)c1.c1cc(-c2ccc3ccccc3c2)cc(-c2cc3c4c(cccc4c2)-c2ccccc2-3)c1.c1ccc(-c2ccc(-c3cccc(-c4cc5c6c(cccc6c4)-c4ccccc4-5)c3)cc2)cc1.c1ccc(-c2cccc(-c3cccc(-c4cc5c6c(cccc6c4)-c4ccccc4-5)c3)c2)cc1. The Bertz CT molecular complexity index is 8730. The van der Waals surface area contributed by atoms with Gasteiger partial charge in [-0.2, -0.15) is 0 Å². The summed E-state index contributed by atoms with van der Waals surface area (Å²) in [7, 11) is 0. The zero-order valence-electron chi connectivity index (χ0n) is 72.5. The van der Waals surface area contributed by atoms with Gasteiger partial charge in [0.15, 0.2) is 0 Å². The Balaban J connectivity index is 0.0000000946. The maximum Gasteiger partial charge on any atom is -0.00259 e. The molecule has 4 aliphatic carbocycles. The molecule has 0 nitrogen and oxygen atoms in total. The number of hydrogen-bond acceptors (Lipinski definition) is 0. The van der Waals surface area contributed by atoms with Gasteiger partial charge in [0.05, 0.1) is 0 Å². The highest BCUT2D eigenvalue weighted by Gasteiger charge is 2.27. The fourth-order valence-corrected chi connectivity index (χ4v) is 21.3. The molecule has 0 heteroatoms. The molecule has 0 N–H and O–H groups in total. The van der Waals surface area contributed by atoms with E-state index in [-0.39, 0.29) is 0 Å². The van der Waals surface area contributed by atoms with Gasteiger partial charge in [0, 0.05) is 0 Å². The lowest BCUT2D eigenvalue weighted by molar-refractivity contribution is 1.58. The van der Waals surface area contributed by atoms with Crippen LogP contribution in [0.5, 0.6) is 0 Å². The lowest BCUT2D eigenvalue weighted by Crippen LogP contribution is -1.85. The molecule has 24 aromatic rings. The van der Waals surface area contributed by atoms with Crippen LogP contribution in [-0.4, -0.2) is 0 Å². The Kier molecular flexibility index (Phi) is 19.1. The summed E-state index contributed by atoms with van der Waals surface area (Å²) in [6, 6.07) is 186. The topological polar surface area (TPSA) is 0 Å². The molecule has 612 valence electrons. The molecule has 24 aromatic carbocycles. The van der Waals surface area contributed by atoms with E-state index >= 15 is 0 Å². The predicted molar refractivity (Wildman–Crippen MR) is 563 cm³/mol. The van der Waals surface area contributed by atoms with E-state index in [0.717, 1.165) is 0 Å². The van der Waals surface area contributed by atoms with Gasteiger partial charge in [-0.05, 0) is 350 Å². The van der Waals surface area contributed by atoms with Crippen molar-refractivity contribution in [2.45, 2.75) is 0 Å². The Morgan fingerprint density at radius 1 is 0.0758 bits per heavy atom. The molecule has 0 atom stereocenters. The van der Waals surface area contributed by atoms with Crippen LogP contribution < -0.4 is 0 Å². The second kappa shape index (κ2) is 32.6. The maximum atomic E-state index is 2.37. The van der Waals surface area contributed by atoms with Gasteiger partial charge in [0.1, 0.15) is 0 Å². The quantitative estimate of drug-likeness (QED) is 0.128. The average Bonchev–Trinajstić information content (AvgIpc) is 1.59. The first-order valence-corrected chi connectivity index (χ1v) is 45.8. The Labute approximate surface area is 768 Å². The summed E-state index contributed by atoms with van der Waals surface area (Å²) < 4.78 is 0. The van der Waals surface area contributed by atoms with Crippen molar-refractivity contribution in [1.82, 2.24) is 0 Å². The maximum absolute atomic E-state index is 2.37. The predicted octanol–water partition coefficient (Wildman–Crippen LogP) is 36.9. The molecule has 0 unspecified atom stereocenters. The second-order valence-corrected chi connectivity index (χ2v) is 35.2. The van der Waals surface area contributed by atoms with Crippen LogP contribution in [0.25, 0.3) is 265 Å². The first-order valence-electron chi connectivity index (χ1n) is 45.8. The van der Waals surface area contributed by atoms with E-state index in [9.17, 15) is 0 Å². The molecule has 0 spiro atoms. The van der Waals surface area contributed by atoms with Crippen molar-refractivity contribution in [3.05, 3.63) is 510 Å². The van der Waals surface area contributed by atoms with E-state index in [2.05, 4.69) is 510 Å². The summed E-state index contributed by atoms with van der Waals surface area (Å²) in [5, 5.41) is 15.9. The Hall–Kier alpha value is -17.2. The summed E-state index contributed by atoms with van der Waals surface area (Å²) in [6.07, 6.45) is 0. The lowest BCUT2D eigenvalue weighted by atomic mass is 9.93. The van der Waals surface area contributed by atoms with Crippen LogP contribution in [0.2, 0.25) is 0 Å². The summed E-state index contributed by atoms with van der Waals surface area (Å²) in [5.41, 5.74) is 46.5. The van der Waals surface area contributed by atoms with Gasteiger partial charge >= 0.3 is 0 Å². The van der Waals surface area contributed by atoms with Crippen molar-refractivity contribution in [2.24, 2.45) is 0 Å². The Morgan fingerprint density at radius 2 is 0.273 bits per heavy atom. The number of hydrogen-bond donors (Lipinski definition) is 0. The van der Waals surface area contributed by atoms with Gasteiger partial charge in [-0.3, -0.25) is 0 Å². The van der Waals surface area contributed by atoms with Crippen LogP contribution in [-0.2, 0) is 0 Å². The van der Waals surface area contributed by atoms with Crippen molar-refractivity contribution < 1.29 is 0 Å². The van der Waals surface area contributed by atoms with E-state index < -0.39 is 0 Å². The largest absolute Gasteiger partial charge is 0.0622 e. The van der Waals surface area contributed by atoms with E-state index in [0.29, 0.717) is 0 Å². The first-order chi connectivity index (χ1) is 65.4. The number of fused-ring (bicyclic) bond motifs is 14. The molecule has 0 amide bonds. The van der Waals surface area contributed by atoms with Crippen molar-refractivity contribution in [1.29, 1.82) is 0 Å². The zero-order valence-corrected chi connectivity index (χ0v) is 72.5. The van der Waals surface area contributed by atoms with Crippen molar-refractivity contribution in [3.63, 3.8) is 0 Å². The molecule has 0 aliphatic heterocycles. The lowest BCUT2D eigenvalue weighted by Gasteiger charge is -2.11. The number of rotatable bonds is 10. The van der Waals surface area contributed by atoms with Crippen LogP contribution in [0.3, 0.4) is 0 Å². The minimum absolute atomic E-state index is 1.24. The van der Waals surface area contributed by atoms with Crippen molar-refractivity contribution in [2.75, 3.05) is 0 Å². The fourth-order valence-electron chi connectivity index (χ4n) is 21.3. The highest BCUT2D eigenvalue weighted by atomic mass is 14.3. The third-order valence-electron chi connectivity index (χ3n) is 27.5. The van der Waals surface area contributed by atoms with E-state index in [1.165, 1.54) is 265 Å². The second-order valence-electron chi connectivity index (χ2n) is 35.2. The highest BCUT2D eigenvalue weighted by Crippen LogP contribution is 2.54. The normalized spacial score (nSPS) is 11.6. The number of benzene rings is 24. The zero-order chi connectivity index (χ0) is 87.1. The highest BCUT2D eigenvalue weighted by molar-refractivity contribution is 6.21. The smallest absolute Gasteiger partial charge is 0.00259 e. The van der Waals surface area contributed by atoms with Crippen LogP contribution in [0, 0.1) is 0 Å². The van der Waals surface area contributed by atoms with E-state index in [1.54, 1.807) is 0 Å². The fraction of sp³-hybridized carbons (Fsp3) is 0. The van der Waals surface area contributed by atoms with Crippen LogP contribution >= 0.6 is 0 Å². The third kappa shape index (κ3) is 13.8. The first kappa shape index (κ1) is 77.2. The minimum Gasteiger partial charge on any atom is -0.0622 e. The molecule has 0 saturated heterocycles. The molecule has 4 aliphatic rings. The summed E-state index contributed by atoms with van der Waals surface area (Å²) in [4.78, 5) is 0.